The van der Waals surface area contributed by atoms with Crippen molar-refractivity contribution in [2.45, 2.75) is 77.3 Å². The number of hydrogen-bond acceptors (Lipinski definition) is 8. The zero-order chi connectivity index (χ0) is 34.9. The number of aromatic nitrogens is 2. The minimum Gasteiger partial charge on any atom is -0.497 e. The van der Waals surface area contributed by atoms with Gasteiger partial charge in [0.2, 0.25) is 11.8 Å². The van der Waals surface area contributed by atoms with Gasteiger partial charge in [0, 0.05) is 19.3 Å². The standard InChI is InChI=1S/C35H46N6O7/c1-34(2,3)48-33(45)39-35(4,5)32(44)38-28(23-47-22-24-12-8-7-9-13-24)30(42)37-26-20-36-41(21-26)29(31(43)40-18-10-11-19-40)25-14-16-27(46-6)17-15-25/h7-9,12-17,20-21,28-29H,10-11,18-19,22-23H2,1-6H3,(H,37,42)(H,38,44)(H,39,45). The van der Waals surface area contributed by atoms with E-state index >= 15 is 0 Å². The monoisotopic (exact) mass is 662 g/mol. The van der Waals surface area contributed by atoms with E-state index in [4.69, 9.17) is 14.2 Å². The largest absolute Gasteiger partial charge is 0.497 e. The lowest BCUT2D eigenvalue weighted by atomic mass is 10.0. The summed E-state index contributed by atoms with van der Waals surface area (Å²) in [5.41, 5.74) is -0.259. The van der Waals surface area contributed by atoms with Gasteiger partial charge in [0.1, 0.15) is 22.9 Å². The van der Waals surface area contributed by atoms with Gasteiger partial charge in [0.05, 0.1) is 32.2 Å². The van der Waals surface area contributed by atoms with E-state index in [-0.39, 0.29) is 19.1 Å². The van der Waals surface area contributed by atoms with E-state index in [1.165, 1.54) is 24.7 Å². The fourth-order valence-corrected chi connectivity index (χ4v) is 5.08. The summed E-state index contributed by atoms with van der Waals surface area (Å²) in [6.07, 6.45) is 4.13. The average Bonchev–Trinajstić information content (AvgIpc) is 3.73. The van der Waals surface area contributed by atoms with Crippen molar-refractivity contribution in [2.24, 2.45) is 0 Å². The summed E-state index contributed by atoms with van der Waals surface area (Å²) in [4.78, 5) is 55.0. The second kappa shape index (κ2) is 15.8. The highest BCUT2D eigenvalue weighted by molar-refractivity contribution is 5.99. The molecule has 4 amide bonds. The molecule has 2 atom stereocenters. The second-order valence-electron chi connectivity index (χ2n) is 13.2. The molecular weight excluding hydrogens is 616 g/mol. The third-order valence-electron chi connectivity index (χ3n) is 7.62. The molecule has 1 aromatic heterocycles. The fraction of sp³-hybridized carbons (Fsp3) is 0.457. The summed E-state index contributed by atoms with van der Waals surface area (Å²) in [6, 6.07) is 14.7. The Kier molecular flexibility index (Phi) is 11.8. The molecule has 1 fully saturated rings. The lowest BCUT2D eigenvalue weighted by molar-refractivity contribution is -0.132. The molecule has 0 saturated carbocycles. The van der Waals surface area contributed by atoms with Crippen molar-refractivity contribution >= 4 is 29.5 Å². The van der Waals surface area contributed by atoms with Gasteiger partial charge in [-0.2, -0.15) is 5.10 Å². The molecule has 4 rings (SSSR count). The predicted octanol–water partition coefficient (Wildman–Crippen LogP) is 4.05. The maximum atomic E-state index is 13.7. The number of nitrogens with one attached hydrogen (secondary N) is 3. The average molecular weight is 663 g/mol. The van der Waals surface area contributed by atoms with Crippen molar-refractivity contribution in [3.05, 3.63) is 78.1 Å². The molecule has 13 heteroatoms. The van der Waals surface area contributed by atoms with Gasteiger partial charge in [-0.1, -0.05) is 42.5 Å². The van der Waals surface area contributed by atoms with Gasteiger partial charge in [0.15, 0.2) is 6.04 Å². The maximum absolute atomic E-state index is 13.7. The molecule has 0 radical (unpaired) electrons. The van der Waals surface area contributed by atoms with Crippen molar-refractivity contribution in [3.63, 3.8) is 0 Å². The Morgan fingerprint density at radius 2 is 1.60 bits per heavy atom. The first kappa shape index (κ1) is 35.9. The number of hydrogen-bond donors (Lipinski definition) is 3. The molecule has 1 saturated heterocycles. The van der Waals surface area contributed by atoms with Crippen LogP contribution in [0.25, 0.3) is 0 Å². The molecule has 1 aliphatic rings. The van der Waals surface area contributed by atoms with Gasteiger partial charge in [-0.3, -0.25) is 19.1 Å². The summed E-state index contributed by atoms with van der Waals surface area (Å²) < 4.78 is 18.0. The summed E-state index contributed by atoms with van der Waals surface area (Å²) in [5, 5.41) is 12.5. The van der Waals surface area contributed by atoms with Crippen LogP contribution in [0.4, 0.5) is 10.5 Å². The van der Waals surface area contributed by atoms with Crippen LogP contribution in [0.3, 0.4) is 0 Å². The van der Waals surface area contributed by atoms with Crippen LogP contribution in [0.15, 0.2) is 67.0 Å². The zero-order valence-electron chi connectivity index (χ0n) is 28.4. The number of nitrogens with zero attached hydrogens (tertiary/aromatic N) is 3. The molecule has 2 unspecified atom stereocenters. The normalized spacial score (nSPS) is 14.5. The molecule has 3 aromatic rings. The minimum absolute atomic E-state index is 0.0992. The van der Waals surface area contributed by atoms with E-state index in [1.54, 1.807) is 46.2 Å². The lowest BCUT2D eigenvalue weighted by Crippen LogP contribution is -2.59. The Hall–Kier alpha value is -4.91. The van der Waals surface area contributed by atoms with Crippen molar-refractivity contribution in [1.29, 1.82) is 0 Å². The summed E-state index contributed by atoms with van der Waals surface area (Å²) >= 11 is 0. The van der Waals surface area contributed by atoms with Crippen LogP contribution in [-0.4, -0.2) is 82.5 Å². The Balaban J connectivity index is 1.51. The van der Waals surface area contributed by atoms with Crippen LogP contribution in [-0.2, 0) is 30.5 Å². The van der Waals surface area contributed by atoms with Gasteiger partial charge in [-0.25, -0.2) is 4.79 Å². The molecular formula is C35H46N6O7. The number of carbonyl (C=O) groups excluding carboxylic acids is 4. The minimum atomic E-state index is -1.42. The number of methoxy groups -OCH3 is 1. The summed E-state index contributed by atoms with van der Waals surface area (Å²) in [5.74, 6) is -0.636. The van der Waals surface area contributed by atoms with E-state index in [0.717, 1.165) is 18.4 Å². The number of likely N-dealkylation sites (tertiary alicyclic amines) is 1. The van der Waals surface area contributed by atoms with Crippen molar-refractivity contribution in [3.8, 4) is 5.75 Å². The van der Waals surface area contributed by atoms with E-state index in [2.05, 4.69) is 21.0 Å². The predicted molar refractivity (Wildman–Crippen MR) is 179 cm³/mol. The van der Waals surface area contributed by atoms with Crippen LogP contribution >= 0.6 is 0 Å². The first-order valence-electron chi connectivity index (χ1n) is 16.0. The van der Waals surface area contributed by atoms with Gasteiger partial charge >= 0.3 is 6.09 Å². The number of carbonyl (C=O) groups is 4. The van der Waals surface area contributed by atoms with Crippen LogP contribution < -0.4 is 20.7 Å². The van der Waals surface area contributed by atoms with Crippen LogP contribution in [0.1, 0.15) is 64.6 Å². The van der Waals surface area contributed by atoms with Gasteiger partial charge in [0.25, 0.3) is 5.91 Å². The number of anilines is 1. The molecule has 0 spiro atoms. The zero-order valence-corrected chi connectivity index (χ0v) is 28.4. The summed E-state index contributed by atoms with van der Waals surface area (Å²) in [7, 11) is 1.57. The molecule has 0 bridgehead atoms. The lowest BCUT2D eigenvalue weighted by Gasteiger charge is -2.29. The topological polar surface area (TPSA) is 153 Å². The molecule has 13 nitrogen and oxygen atoms in total. The molecule has 2 aromatic carbocycles. The number of rotatable bonds is 13. The van der Waals surface area contributed by atoms with Crippen LogP contribution in [0.5, 0.6) is 5.75 Å². The van der Waals surface area contributed by atoms with Gasteiger partial charge in [-0.05, 0) is 70.7 Å². The molecule has 48 heavy (non-hydrogen) atoms. The van der Waals surface area contributed by atoms with E-state index in [1.807, 2.05) is 47.4 Å². The highest BCUT2D eigenvalue weighted by Gasteiger charge is 2.35. The molecule has 258 valence electrons. The van der Waals surface area contributed by atoms with Crippen molar-refractivity contribution in [2.75, 3.05) is 32.1 Å². The van der Waals surface area contributed by atoms with Crippen LogP contribution in [0.2, 0.25) is 0 Å². The van der Waals surface area contributed by atoms with Crippen molar-refractivity contribution < 1.29 is 33.4 Å². The third-order valence-corrected chi connectivity index (χ3v) is 7.62. The number of alkyl carbamates (subject to hydrolysis) is 1. The third kappa shape index (κ3) is 10.0. The van der Waals surface area contributed by atoms with E-state index in [0.29, 0.717) is 30.1 Å². The highest BCUT2D eigenvalue weighted by atomic mass is 16.6. The van der Waals surface area contributed by atoms with Gasteiger partial charge in [-0.15, -0.1) is 0 Å². The van der Waals surface area contributed by atoms with Crippen molar-refractivity contribution in [1.82, 2.24) is 25.3 Å². The SMILES string of the molecule is COc1ccc(C(C(=O)N2CCCC2)n2cc(NC(=O)C(COCc3ccccc3)NC(=O)C(C)(C)NC(=O)OC(C)(C)C)cn2)cc1. The summed E-state index contributed by atoms with van der Waals surface area (Å²) in [6.45, 7) is 9.54. The number of amides is 4. The molecule has 1 aliphatic heterocycles. The Morgan fingerprint density at radius 1 is 0.938 bits per heavy atom. The number of benzene rings is 2. The first-order chi connectivity index (χ1) is 22.8. The first-order valence-corrected chi connectivity index (χ1v) is 16.0. The smallest absolute Gasteiger partial charge is 0.408 e. The Bertz CT molecular complexity index is 1540. The van der Waals surface area contributed by atoms with E-state index in [9.17, 15) is 19.2 Å². The molecule has 0 aliphatic carbocycles. The molecule has 2 heterocycles. The molecule has 3 N–H and O–H groups in total. The Labute approximate surface area is 281 Å². The number of ether oxygens (including phenoxy) is 3. The fourth-order valence-electron chi connectivity index (χ4n) is 5.08. The quantitative estimate of drug-likeness (QED) is 0.248. The van der Waals surface area contributed by atoms with E-state index < -0.39 is 41.1 Å². The van der Waals surface area contributed by atoms with Crippen LogP contribution in [0, 0.1) is 0 Å². The highest BCUT2D eigenvalue weighted by Crippen LogP contribution is 2.26. The maximum Gasteiger partial charge on any atom is 0.408 e. The van der Waals surface area contributed by atoms with Gasteiger partial charge < -0.3 is 35.1 Å². The second-order valence-corrected chi connectivity index (χ2v) is 13.2. The Morgan fingerprint density at radius 3 is 2.23 bits per heavy atom.